The molecule has 0 aromatic heterocycles. The van der Waals surface area contributed by atoms with Gasteiger partial charge in [0.05, 0.1) is 6.07 Å². The third-order valence-electron chi connectivity index (χ3n) is 3.26. The molecule has 1 aromatic carbocycles. The van der Waals surface area contributed by atoms with Crippen molar-refractivity contribution in [3.05, 3.63) is 35.9 Å². The highest BCUT2D eigenvalue weighted by molar-refractivity contribution is 5.76. The van der Waals surface area contributed by atoms with Crippen LogP contribution in [0.5, 0.6) is 0 Å². The van der Waals surface area contributed by atoms with Crippen LogP contribution in [0, 0.1) is 17.2 Å². The minimum atomic E-state index is -0.269. The van der Waals surface area contributed by atoms with E-state index in [0.717, 1.165) is 25.7 Å². The van der Waals surface area contributed by atoms with Crippen molar-refractivity contribution in [2.75, 3.05) is 0 Å². The molecule has 3 heteroatoms. The lowest BCUT2D eigenvalue weighted by molar-refractivity contribution is -0.121. The Morgan fingerprint density at radius 1 is 1.39 bits per heavy atom. The topological polar surface area (TPSA) is 52.9 Å². The minimum absolute atomic E-state index is 0.00406. The summed E-state index contributed by atoms with van der Waals surface area (Å²) in [5.74, 6) is 0.400. The minimum Gasteiger partial charge on any atom is -0.340 e. The second kappa shape index (κ2) is 6.20. The summed E-state index contributed by atoms with van der Waals surface area (Å²) in [6.07, 6.45) is 4.39. The molecule has 1 aromatic rings. The van der Waals surface area contributed by atoms with Gasteiger partial charge in [-0.25, -0.2) is 0 Å². The van der Waals surface area contributed by atoms with Crippen molar-refractivity contribution in [3.8, 4) is 6.07 Å². The molecule has 18 heavy (non-hydrogen) atoms. The van der Waals surface area contributed by atoms with Crippen LogP contribution in [0.2, 0.25) is 0 Å². The van der Waals surface area contributed by atoms with Gasteiger partial charge in [-0.2, -0.15) is 5.26 Å². The first-order chi connectivity index (χ1) is 8.79. The van der Waals surface area contributed by atoms with Gasteiger partial charge in [0, 0.05) is 6.42 Å². The third kappa shape index (κ3) is 3.89. The van der Waals surface area contributed by atoms with E-state index in [4.69, 9.17) is 5.26 Å². The van der Waals surface area contributed by atoms with Gasteiger partial charge in [0.25, 0.3) is 0 Å². The number of amides is 1. The average Bonchev–Trinajstić information content (AvgIpc) is 3.21. The number of benzene rings is 1. The van der Waals surface area contributed by atoms with Gasteiger partial charge < -0.3 is 5.32 Å². The van der Waals surface area contributed by atoms with Crippen LogP contribution >= 0.6 is 0 Å². The van der Waals surface area contributed by atoms with Gasteiger partial charge in [0.1, 0.15) is 6.04 Å². The fraction of sp³-hybridized carbons (Fsp3) is 0.467. The zero-order valence-electron chi connectivity index (χ0n) is 10.4. The lowest BCUT2D eigenvalue weighted by atomic mass is 10.1. The Hall–Kier alpha value is -1.82. The summed E-state index contributed by atoms with van der Waals surface area (Å²) in [5.41, 5.74) is 1.25. The largest absolute Gasteiger partial charge is 0.340 e. The molecule has 94 valence electrons. The van der Waals surface area contributed by atoms with Crippen molar-refractivity contribution in [1.29, 1.82) is 5.26 Å². The molecule has 1 aliphatic rings. The molecule has 0 spiro atoms. The summed E-state index contributed by atoms with van der Waals surface area (Å²) in [4.78, 5) is 11.7. The van der Waals surface area contributed by atoms with E-state index in [0.29, 0.717) is 12.3 Å². The smallest absolute Gasteiger partial charge is 0.221 e. The van der Waals surface area contributed by atoms with Crippen molar-refractivity contribution in [2.24, 2.45) is 5.92 Å². The van der Waals surface area contributed by atoms with E-state index in [1.807, 2.05) is 18.2 Å². The van der Waals surface area contributed by atoms with E-state index in [9.17, 15) is 4.79 Å². The maximum absolute atomic E-state index is 11.7. The Labute approximate surface area is 108 Å². The third-order valence-corrected chi connectivity index (χ3v) is 3.26. The van der Waals surface area contributed by atoms with Gasteiger partial charge in [-0.1, -0.05) is 30.3 Å². The fourth-order valence-electron chi connectivity index (χ4n) is 2.03. The number of nitriles is 1. The summed E-state index contributed by atoms with van der Waals surface area (Å²) in [6.45, 7) is 0. The molecule has 1 N–H and O–H groups in total. The van der Waals surface area contributed by atoms with E-state index < -0.39 is 0 Å². The summed E-state index contributed by atoms with van der Waals surface area (Å²) < 4.78 is 0. The van der Waals surface area contributed by atoms with Gasteiger partial charge in [-0.3, -0.25) is 4.79 Å². The highest BCUT2D eigenvalue weighted by Gasteiger charge is 2.32. The van der Waals surface area contributed by atoms with Crippen molar-refractivity contribution < 1.29 is 4.79 Å². The normalized spacial score (nSPS) is 15.7. The fourth-order valence-corrected chi connectivity index (χ4v) is 2.03. The van der Waals surface area contributed by atoms with Crippen molar-refractivity contribution >= 4 is 5.91 Å². The molecule has 0 heterocycles. The lowest BCUT2D eigenvalue weighted by Gasteiger charge is -2.10. The highest BCUT2D eigenvalue weighted by atomic mass is 16.1. The second-order valence-electron chi connectivity index (χ2n) is 4.85. The number of hydrogen-bond donors (Lipinski definition) is 1. The van der Waals surface area contributed by atoms with Crippen molar-refractivity contribution in [1.82, 2.24) is 5.32 Å². The standard InChI is InChI=1S/C15H18N2O/c16-11-14(13-9-10-13)17-15(18)8-4-7-12-5-2-1-3-6-12/h1-3,5-6,13-14H,4,7-10H2,(H,17,18). The van der Waals surface area contributed by atoms with Gasteiger partial charge >= 0.3 is 0 Å². The lowest BCUT2D eigenvalue weighted by Crippen LogP contribution is -2.35. The number of nitrogens with zero attached hydrogens (tertiary/aromatic N) is 1. The van der Waals surface area contributed by atoms with E-state index in [1.54, 1.807) is 0 Å². The van der Waals surface area contributed by atoms with Crippen LogP contribution < -0.4 is 5.32 Å². The van der Waals surface area contributed by atoms with Crippen LogP contribution in [0.15, 0.2) is 30.3 Å². The number of rotatable bonds is 6. The van der Waals surface area contributed by atoms with Crippen LogP contribution in [-0.4, -0.2) is 11.9 Å². The van der Waals surface area contributed by atoms with Crippen molar-refractivity contribution in [2.45, 2.75) is 38.1 Å². The van der Waals surface area contributed by atoms with Gasteiger partial charge in [-0.15, -0.1) is 0 Å². The number of carbonyl (C=O) groups excluding carboxylic acids is 1. The van der Waals surface area contributed by atoms with E-state index >= 15 is 0 Å². The first-order valence-electron chi connectivity index (χ1n) is 6.52. The molecule has 1 amide bonds. The first kappa shape index (κ1) is 12.6. The highest BCUT2D eigenvalue weighted by Crippen LogP contribution is 2.32. The van der Waals surface area contributed by atoms with Crippen molar-refractivity contribution in [3.63, 3.8) is 0 Å². The molecule has 0 bridgehead atoms. The van der Waals surface area contributed by atoms with Gasteiger partial charge in [-0.05, 0) is 37.2 Å². The Kier molecular flexibility index (Phi) is 4.35. The summed E-state index contributed by atoms with van der Waals surface area (Å²) in [6, 6.07) is 12.0. The SMILES string of the molecule is N#CC(NC(=O)CCCc1ccccc1)C1CC1. The number of hydrogen-bond acceptors (Lipinski definition) is 2. The van der Waals surface area contributed by atoms with Gasteiger partial charge in [0.15, 0.2) is 0 Å². The molecule has 3 nitrogen and oxygen atoms in total. The Morgan fingerprint density at radius 2 is 2.11 bits per heavy atom. The Morgan fingerprint density at radius 3 is 2.72 bits per heavy atom. The van der Waals surface area contributed by atoms with Crippen LogP contribution in [0.1, 0.15) is 31.2 Å². The molecule has 1 fully saturated rings. The van der Waals surface area contributed by atoms with E-state index in [2.05, 4.69) is 23.5 Å². The molecular formula is C15H18N2O. The number of nitrogens with one attached hydrogen (secondary N) is 1. The first-order valence-corrected chi connectivity index (χ1v) is 6.52. The zero-order valence-corrected chi connectivity index (χ0v) is 10.4. The molecule has 0 aliphatic heterocycles. The molecule has 1 atom stereocenters. The summed E-state index contributed by atoms with van der Waals surface area (Å²) >= 11 is 0. The molecule has 1 unspecified atom stereocenters. The van der Waals surface area contributed by atoms with Crippen LogP contribution in [0.3, 0.4) is 0 Å². The zero-order chi connectivity index (χ0) is 12.8. The molecule has 2 rings (SSSR count). The summed E-state index contributed by atoms with van der Waals surface area (Å²) in [5, 5.41) is 11.7. The van der Waals surface area contributed by atoms with Crippen LogP contribution in [-0.2, 0) is 11.2 Å². The molecular weight excluding hydrogens is 224 g/mol. The maximum atomic E-state index is 11.7. The maximum Gasteiger partial charge on any atom is 0.221 e. The molecule has 1 saturated carbocycles. The molecule has 0 radical (unpaired) electrons. The monoisotopic (exact) mass is 242 g/mol. The van der Waals surface area contributed by atoms with Gasteiger partial charge in [0.2, 0.25) is 5.91 Å². The molecule has 0 saturated heterocycles. The van der Waals surface area contributed by atoms with E-state index in [1.165, 1.54) is 5.56 Å². The number of carbonyl (C=O) groups is 1. The van der Waals surface area contributed by atoms with E-state index in [-0.39, 0.29) is 11.9 Å². The van der Waals surface area contributed by atoms with Crippen LogP contribution in [0.4, 0.5) is 0 Å². The summed E-state index contributed by atoms with van der Waals surface area (Å²) in [7, 11) is 0. The average molecular weight is 242 g/mol. The second-order valence-corrected chi connectivity index (χ2v) is 4.85. The number of aryl methyl sites for hydroxylation is 1. The molecule has 1 aliphatic carbocycles. The Bertz CT molecular complexity index is 432. The van der Waals surface area contributed by atoms with Crippen LogP contribution in [0.25, 0.3) is 0 Å². The predicted octanol–water partition coefficient (Wildman–Crippen LogP) is 2.43. The Balaban J connectivity index is 1.67. The predicted molar refractivity (Wildman–Crippen MR) is 69.6 cm³/mol. The quantitative estimate of drug-likeness (QED) is 0.833.